The van der Waals surface area contributed by atoms with Gasteiger partial charge in [-0.1, -0.05) is 55.9 Å². The van der Waals surface area contributed by atoms with Crippen LogP contribution >= 0.6 is 11.8 Å². The fourth-order valence-electron chi connectivity index (χ4n) is 4.29. The third kappa shape index (κ3) is 6.49. The van der Waals surface area contributed by atoms with Crippen molar-refractivity contribution < 1.29 is 22.8 Å². The number of alkyl halides is 3. The molecule has 1 aromatic heterocycles. The summed E-state index contributed by atoms with van der Waals surface area (Å²) < 4.78 is 39.9. The van der Waals surface area contributed by atoms with Crippen molar-refractivity contribution in [3.8, 4) is 11.4 Å². The highest BCUT2D eigenvalue weighted by atomic mass is 32.2. The Morgan fingerprint density at radius 1 is 1.05 bits per heavy atom. The maximum atomic E-state index is 12.8. The minimum atomic E-state index is -4.38. The third-order valence-electron chi connectivity index (χ3n) is 6.32. The minimum absolute atomic E-state index is 0.135. The fraction of sp³-hybridized carbons (Fsp3) is 0.207. The lowest BCUT2D eigenvalue weighted by Gasteiger charge is -2.21. The van der Waals surface area contributed by atoms with Crippen LogP contribution in [0, 0.1) is 0 Å². The van der Waals surface area contributed by atoms with Crippen molar-refractivity contribution in [1.82, 2.24) is 14.8 Å². The van der Waals surface area contributed by atoms with Gasteiger partial charge in [0.05, 0.1) is 23.5 Å². The Kier molecular flexibility index (Phi) is 7.93. The molecule has 12 heteroatoms. The number of anilines is 2. The zero-order valence-electron chi connectivity index (χ0n) is 22.1. The summed E-state index contributed by atoms with van der Waals surface area (Å²) in [6.45, 7) is 4.34. The number of nitrogens with zero attached hydrogens (tertiary/aromatic N) is 5. The van der Waals surface area contributed by atoms with Gasteiger partial charge in [-0.15, -0.1) is 0 Å². The second-order valence-corrected chi connectivity index (χ2v) is 10.5. The zero-order chi connectivity index (χ0) is 29.1. The van der Waals surface area contributed by atoms with E-state index < -0.39 is 17.8 Å². The van der Waals surface area contributed by atoms with E-state index in [1.54, 1.807) is 24.3 Å². The first kappa shape index (κ1) is 28.1. The van der Waals surface area contributed by atoms with Gasteiger partial charge in [-0.3, -0.25) is 9.69 Å². The van der Waals surface area contributed by atoms with Crippen molar-refractivity contribution in [2.75, 3.05) is 16.0 Å². The summed E-state index contributed by atoms with van der Waals surface area (Å²) in [6.07, 6.45) is -2.88. The SMILES string of the molecule is CC(C)c1ccccc1N1C(=O)CS/C1=N\C(=O)Nc1ccc(-c2ncn(Cc3ccc(C(F)(F)F)cc3)n2)cc1. The first-order valence-electron chi connectivity index (χ1n) is 12.7. The predicted octanol–water partition coefficient (Wildman–Crippen LogP) is 6.80. The van der Waals surface area contributed by atoms with Crippen LogP contribution in [0.25, 0.3) is 11.4 Å². The Morgan fingerprint density at radius 2 is 1.76 bits per heavy atom. The predicted molar refractivity (Wildman–Crippen MR) is 153 cm³/mol. The Morgan fingerprint density at radius 3 is 2.44 bits per heavy atom. The molecular formula is C29H25F3N6O2S. The van der Waals surface area contributed by atoms with Crippen LogP contribution in [0.15, 0.2) is 84.1 Å². The fourth-order valence-corrected chi connectivity index (χ4v) is 5.15. The number of hydrogen-bond donors (Lipinski definition) is 1. The second kappa shape index (κ2) is 11.6. The second-order valence-electron chi connectivity index (χ2n) is 9.59. The monoisotopic (exact) mass is 578 g/mol. The average Bonchev–Trinajstić information content (AvgIpc) is 3.55. The molecule has 0 unspecified atom stereocenters. The van der Waals surface area contributed by atoms with E-state index in [9.17, 15) is 22.8 Å². The minimum Gasteiger partial charge on any atom is -0.306 e. The number of benzene rings is 3. The van der Waals surface area contributed by atoms with Crippen molar-refractivity contribution >= 4 is 40.2 Å². The molecule has 2 heterocycles. The van der Waals surface area contributed by atoms with E-state index in [-0.39, 0.29) is 24.1 Å². The van der Waals surface area contributed by atoms with Gasteiger partial charge < -0.3 is 5.32 Å². The molecule has 8 nitrogen and oxygen atoms in total. The van der Waals surface area contributed by atoms with Gasteiger partial charge in [-0.2, -0.15) is 23.3 Å². The molecule has 1 fully saturated rings. The van der Waals surface area contributed by atoms with Crippen LogP contribution < -0.4 is 10.2 Å². The number of carbonyl (C=O) groups excluding carboxylic acids is 2. The summed E-state index contributed by atoms with van der Waals surface area (Å²) in [5.74, 6) is 0.676. The molecule has 0 atom stereocenters. The summed E-state index contributed by atoms with van der Waals surface area (Å²) in [5, 5.41) is 7.44. The van der Waals surface area contributed by atoms with Crippen LogP contribution in [-0.4, -0.2) is 37.6 Å². The number of amides is 3. The highest BCUT2D eigenvalue weighted by molar-refractivity contribution is 8.15. The Balaban J connectivity index is 1.24. The van der Waals surface area contributed by atoms with Crippen LogP contribution in [0.5, 0.6) is 0 Å². The van der Waals surface area contributed by atoms with Gasteiger partial charge in [-0.25, -0.2) is 14.5 Å². The number of urea groups is 1. The molecule has 3 aromatic carbocycles. The third-order valence-corrected chi connectivity index (χ3v) is 7.24. The molecule has 0 saturated carbocycles. The van der Waals surface area contributed by atoms with E-state index in [0.29, 0.717) is 27.8 Å². The molecule has 1 aliphatic rings. The van der Waals surface area contributed by atoms with E-state index in [4.69, 9.17) is 0 Å². The van der Waals surface area contributed by atoms with Crippen molar-refractivity contribution in [2.45, 2.75) is 32.5 Å². The molecule has 0 bridgehead atoms. The normalized spacial score (nSPS) is 14.7. The van der Waals surface area contributed by atoms with Crippen molar-refractivity contribution in [2.24, 2.45) is 4.99 Å². The summed E-state index contributed by atoms with van der Waals surface area (Å²) in [4.78, 5) is 35.3. The lowest BCUT2D eigenvalue weighted by atomic mass is 10.0. The maximum Gasteiger partial charge on any atom is 0.416 e. The highest BCUT2D eigenvalue weighted by Gasteiger charge is 2.32. The number of nitrogens with one attached hydrogen (secondary N) is 1. The molecule has 3 amide bonds. The number of thioether (sulfide) groups is 1. The number of amidine groups is 1. The van der Waals surface area contributed by atoms with Gasteiger partial charge in [0, 0.05) is 11.3 Å². The molecule has 4 aromatic rings. The number of para-hydroxylation sites is 1. The lowest BCUT2D eigenvalue weighted by molar-refractivity contribution is -0.137. The number of rotatable bonds is 6. The van der Waals surface area contributed by atoms with Crippen molar-refractivity contribution in [3.05, 3.63) is 95.8 Å². The molecule has 41 heavy (non-hydrogen) atoms. The van der Waals surface area contributed by atoms with Gasteiger partial charge in [-0.05, 0) is 59.5 Å². The molecule has 0 radical (unpaired) electrons. The number of hydrogen-bond acceptors (Lipinski definition) is 5. The Hall–Kier alpha value is -4.45. The number of halogens is 3. The maximum absolute atomic E-state index is 12.8. The Labute approximate surface area is 238 Å². The summed E-state index contributed by atoms with van der Waals surface area (Å²) >= 11 is 1.21. The molecule has 0 spiro atoms. The number of carbonyl (C=O) groups is 2. The van der Waals surface area contributed by atoms with Gasteiger partial charge in [0.15, 0.2) is 11.0 Å². The first-order valence-corrected chi connectivity index (χ1v) is 13.7. The van der Waals surface area contributed by atoms with Crippen molar-refractivity contribution in [3.63, 3.8) is 0 Å². The van der Waals surface area contributed by atoms with Crippen LogP contribution in [0.4, 0.5) is 29.3 Å². The van der Waals surface area contributed by atoms with E-state index >= 15 is 0 Å². The molecule has 1 aliphatic heterocycles. The zero-order valence-corrected chi connectivity index (χ0v) is 22.9. The quantitative estimate of drug-likeness (QED) is 0.272. The van der Waals surface area contributed by atoms with Gasteiger partial charge in [0.1, 0.15) is 6.33 Å². The van der Waals surface area contributed by atoms with Crippen molar-refractivity contribution in [1.29, 1.82) is 0 Å². The van der Waals surface area contributed by atoms with Crippen LogP contribution in [0.1, 0.15) is 36.5 Å². The van der Waals surface area contributed by atoms with E-state index in [1.807, 2.05) is 38.1 Å². The molecule has 0 aliphatic carbocycles. The van der Waals surface area contributed by atoms with E-state index in [0.717, 1.165) is 23.4 Å². The number of aromatic nitrogens is 3. The summed E-state index contributed by atoms with van der Waals surface area (Å²) in [5.41, 5.74) is 2.84. The first-order chi connectivity index (χ1) is 19.6. The molecule has 5 rings (SSSR count). The molecular weight excluding hydrogens is 553 g/mol. The number of aliphatic imine (C=N–C) groups is 1. The van der Waals surface area contributed by atoms with Crippen LogP contribution in [0.2, 0.25) is 0 Å². The van der Waals surface area contributed by atoms with Crippen LogP contribution in [0.3, 0.4) is 0 Å². The van der Waals surface area contributed by atoms with E-state index in [2.05, 4.69) is 20.4 Å². The molecule has 1 saturated heterocycles. The van der Waals surface area contributed by atoms with Gasteiger partial charge >= 0.3 is 12.2 Å². The summed E-state index contributed by atoms with van der Waals surface area (Å²) in [7, 11) is 0. The van der Waals surface area contributed by atoms with Crippen LogP contribution in [-0.2, 0) is 17.5 Å². The average molecular weight is 579 g/mol. The van der Waals surface area contributed by atoms with Gasteiger partial charge in [0.2, 0.25) is 5.91 Å². The summed E-state index contributed by atoms with van der Waals surface area (Å²) in [6, 6.07) is 18.7. The Bertz CT molecular complexity index is 1600. The standard InChI is InChI=1S/C29H25F3N6O2S/c1-18(2)23-5-3-4-6-24(23)38-25(39)16-41-28(38)35-27(40)34-22-13-9-20(10-14-22)26-33-17-37(36-26)15-19-7-11-21(12-8-19)29(30,31)32/h3-14,17-18H,15-16H2,1-2H3,(H,34,40)/b35-28-. The van der Waals surface area contributed by atoms with E-state index in [1.165, 1.54) is 39.8 Å². The highest BCUT2D eigenvalue weighted by Crippen LogP contribution is 2.33. The lowest BCUT2D eigenvalue weighted by Crippen LogP contribution is -2.31. The smallest absolute Gasteiger partial charge is 0.306 e. The molecule has 1 N–H and O–H groups in total. The topological polar surface area (TPSA) is 92.5 Å². The molecule has 210 valence electrons. The largest absolute Gasteiger partial charge is 0.416 e. The van der Waals surface area contributed by atoms with Gasteiger partial charge in [0.25, 0.3) is 0 Å².